The van der Waals surface area contributed by atoms with E-state index in [2.05, 4.69) is 27.5 Å². The number of rotatable bonds is 9. The number of carbonyl (C=O) groups excluding carboxylic acids is 1. The number of aliphatic hydroxyl groups excluding tert-OH is 1. The first-order valence-corrected chi connectivity index (χ1v) is 8.25. The minimum atomic E-state index is -0.114. The predicted molar refractivity (Wildman–Crippen MR) is 94.2 cm³/mol. The van der Waals surface area contributed by atoms with Crippen LogP contribution in [0.5, 0.6) is 0 Å². The summed E-state index contributed by atoms with van der Waals surface area (Å²) in [4.78, 5) is 20.5. The molecule has 0 radical (unpaired) electrons. The van der Waals surface area contributed by atoms with Gasteiger partial charge < -0.3 is 15.7 Å². The third kappa shape index (κ3) is 5.62. The molecule has 1 atom stereocenters. The number of aromatic nitrogens is 2. The van der Waals surface area contributed by atoms with Crippen molar-refractivity contribution >= 4 is 17.4 Å². The van der Waals surface area contributed by atoms with Gasteiger partial charge >= 0.3 is 0 Å². The molecular formula is C18H24N4O2. The fraction of sp³-hybridized carbons (Fsp3) is 0.389. The molecule has 3 N–H and O–H groups in total. The molecule has 2 rings (SSSR count). The largest absolute Gasteiger partial charge is 0.396 e. The lowest BCUT2D eigenvalue weighted by Gasteiger charge is -2.16. The summed E-state index contributed by atoms with van der Waals surface area (Å²) >= 11 is 0. The zero-order valence-corrected chi connectivity index (χ0v) is 13.9. The van der Waals surface area contributed by atoms with Crippen molar-refractivity contribution in [1.29, 1.82) is 0 Å². The van der Waals surface area contributed by atoms with Gasteiger partial charge in [0.1, 0.15) is 5.82 Å². The van der Waals surface area contributed by atoms with Gasteiger partial charge in [-0.05, 0) is 37.0 Å². The van der Waals surface area contributed by atoms with Crippen molar-refractivity contribution in [3.63, 3.8) is 0 Å². The Bertz CT molecular complexity index is 628. The van der Waals surface area contributed by atoms with Gasteiger partial charge in [-0.1, -0.05) is 19.4 Å². The van der Waals surface area contributed by atoms with Crippen LogP contribution in [0.4, 0.5) is 11.5 Å². The van der Waals surface area contributed by atoms with Crippen molar-refractivity contribution in [2.75, 3.05) is 18.5 Å². The molecule has 1 aromatic carbocycles. The van der Waals surface area contributed by atoms with Crippen LogP contribution in [0, 0.1) is 5.92 Å². The lowest BCUT2D eigenvalue weighted by molar-refractivity contribution is 0.0943. The number of benzene rings is 1. The van der Waals surface area contributed by atoms with Crippen LogP contribution >= 0.6 is 0 Å². The molecule has 1 amide bonds. The van der Waals surface area contributed by atoms with E-state index in [-0.39, 0.29) is 12.5 Å². The molecule has 6 heteroatoms. The molecule has 0 bridgehead atoms. The molecule has 2 aromatic rings. The Labute approximate surface area is 142 Å². The van der Waals surface area contributed by atoms with Gasteiger partial charge in [-0.2, -0.15) is 0 Å². The SMILES string of the molecule is CCCC(CCO)CNC(=O)c1cccc(Nc2cnccn2)c1. The van der Waals surface area contributed by atoms with E-state index in [9.17, 15) is 4.79 Å². The number of aliphatic hydroxyl groups is 1. The molecule has 1 unspecified atom stereocenters. The van der Waals surface area contributed by atoms with E-state index in [0.29, 0.717) is 30.3 Å². The van der Waals surface area contributed by atoms with Crippen LogP contribution in [0.2, 0.25) is 0 Å². The lowest BCUT2D eigenvalue weighted by Crippen LogP contribution is -2.29. The highest BCUT2D eigenvalue weighted by molar-refractivity contribution is 5.95. The van der Waals surface area contributed by atoms with Crippen LogP contribution in [-0.4, -0.2) is 34.1 Å². The summed E-state index contributed by atoms with van der Waals surface area (Å²) in [6.07, 6.45) is 7.58. The van der Waals surface area contributed by atoms with E-state index in [0.717, 1.165) is 18.5 Å². The third-order valence-electron chi connectivity index (χ3n) is 3.75. The first kappa shape index (κ1) is 17.9. The van der Waals surface area contributed by atoms with Crippen LogP contribution < -0.4 is 10.6 Å². The second-order valence-electron chi connectivity index (χ2n) is 5.67. The highest BCUT2D eigenvalue weighted by Gasteiger charge is 2.11. The molecule has 0 saturated heterocycles. The van der Waals surface area contributed by atoms with Crippen LogP contribution in [0.25, 0.3) is 0 Å². The fourth-order valence-electron chi connectivity index (χ4n) is 2.53. The third-order valence-corrected chi connectivity index (χ3v) is 3.75. The first-order valence-electron chi connectivity index (χ1n) is 8.25. The van der Waals surface area contributed by atoms with Gasteiger partial charge in [0.15, 0.2) is 0 Å². The van der Waals surface area contributed by atoms with Gasteiger partial charge in [0, 0.05) is 36.8 Å². The zero-order chi connectivity index (χ0) is 17.2. The van der Waals surface area contributed by atoms with Gasteiger partial charge in [-0.3, -0.25) is 9.78 Å². The molecule has 0 saturated carbocycles. The molecule has 0 fully saturated rings. The van der Waals surface area contributed by atoms with Crippen molar-refractivity contribution in [3.8, 4) is 0 Å². The second kappa shape index (κ2) is 9.62. The number of anilines is 2. The summed E-state index contributed by atoms with van der Waals surface area (Å²) in [5, 5.41) is 15.2. The number of nitrogens with one attached hydrogen (secondary N) is 2. The van der Waals surface area contributed by atoms with Gasteiger partial charge in [-0.15, -0.1) is 0 Å². The van der Waals surface area contributed by atoms with Gasteiger partial charge in [-0.25, -0.2) is 4.98 Å². The highest BCUT2D eigenvalue weighted by atomic mass is 16.3. The van der Waals surface area contributed by atoms with Crippen molar-refractivity contribution in [3.05, 3.63) is 48.4 Å². The van der Waals surface area contributed by atoms with E-state index < -0.39 is 0 Å². The van der Waals surface area contributed by atoms with E-state index in [1.165, 1.54) is 0 Å². The van der Waals surface area contributed by atoms with Crippen molar-refractivity contribution in [1.82, 2.24) is 15.3 Å². The maximum Gasteiger partial charge on any atom is 0.251 e. The average Bonchev–Trinajstić information content (AvgIpc) is 2.61. The summed E-state index contributed by atoms with van der Waals surface area (Å²) in [7, 11) is 0. The van der Waals surface area contributed by atoms with Crippen molar-refractivity contribution in [2.45, 2.75) is 26.2 Å². The molecule has 128 valence electrons. The zero-order valence-electron chi connectivity index (χ0n) is 13.9. The maximum absolute atomic E-state index is 12.3. The van der Waals surface area contributed by atoms with E-state index in [4.69, 9.17) is 5.11 Å². The van der Waals surface area contributed by atoms with Gasteiger partial charge in [0.2, 0.25) is 0 Å². The summed E-state index contributed by atoms with van der Waals surface area (Å²) < 4.78 is 0. The molecule has 1 heterocycles. The number of amides is 1. The predicted octanol–water partition coefficient (Wildman–Crippen LogP) is 2.75. The maximum atomic E-state index is 12.3. The number of nitrogens with zero attached hydrogens (tertiary/aromatic N) is 2. The van der Waals surface area contributed by atoms with Gasteiger partial charge in [0.25, 0.3) is 5.91 Å². The quantitative estimate of drug-likeness (QED) is 0.659. The van der Waals surface area contributed by atoms with Crippen LogP contribution in [0.15, 0.2) is 42.9 Å². The summed E-state index contributed by atoms with van der Waals surface area (Å²) in [6.45, 7) is 2.83. The fourth-order valence-corrected chi connectivity index (χ4v) is 2.53. The molecule has 0 spiro atoms. The van der Waals surface area contributed by atoms with Crippen LogP contribution in [0.3, 0.4) is 0 Å². The lowest BCUT2D eigenvalue weighted by atomic mass is 10.00. The minimum absolute atomic E-state index is 0.114. The number of carbonyl (C=O) groups is 1. The second-order valence-corrected chi connectivity index (χ2v) is 5.67. The topological polar surface area (TPSA) is 87.1 Å². The first-order chi connectivity index (χ1) is 11.7. The molecule has 0 aliphatic carbocycles. The normalized spacial score (nSPS) is 11.8. The minimum Gasteiger partial charge on any atom is -0.396 e. The Balaban J connectivity index is 1.96. The molecular weight excluding hydrogens is 304 g/mol. The number of hydrogen-bond acceptors (Lipinski definition) is 5. The Hall–Kier alpha value is -2.47. The molecule has 6 nitrogen and oxygen atoms in total. The smallest absolute Gasteiger partial charge is 0.251 e. The molecule has 1 aromatic heterocycles. The van der Waals surface area contributed by atoms with E-state index >= 15 is 0 Å². The highest BCUT2D eigenvalue weighted by Crippen LogP contribution is 2.15. The Morgan fingerprint density at radius 1 is 1.29 bits per heavy atom. The number of hydrogen-bond donors (Lipinski definition) is 3. The molecule has 0 aliphatic heterocycles. The van der Waals surface area contributed by atoms with Crippen LogP contribution in [0.1, 0.15) is 36.5 Å². The summed E-state index contributed by atoms with van der Waals surface area (Å²) in [5.74, 6) is 0.822. The standard InChI is InChI=1S/C18H24N4O2/c1-2-4-14(7-10-23)12-21-18(24)15-5-3-6-16(11-15)22-17-13-19-8-9-20-17/h3,5-6,8-9,11,13-14,23H,2,4,7,10,12H2,1H3,(H,20,22)(H,21,24). The van der Waals surface area contributed by atoms with Crippen LogP contribution in [-0.2, 0) is 0 Å². The summed E-state index contributed by atoms with van der Waals surface area (Å²) in [5.41, 5.74) is 1.37. The molecule has 0 aliphatic rings. The Morgan fingerprint density at radius 2 is 2.17 bits per heavy atom. The van der Waals surface area contributed by atoms with Crippen molar-refractivity contribution < 1.29 is 9.90 Å². The molecule has 24 heavy (non-hydrogen) atoms. The average molecular weight is 328 g/mol. The Morgan fingerprint density at radius 3 is 2.88 bits per heavy atom. The summed E-state index contributed by atoms with van der Waals surface area (Å²) in [6, 6.07) is 7.25. The monoisotopic (exact) mass is 328 g/mol. The van der Waals surface area contributed by atoms with Gasteiger partial charge in [0.05, 0.1) is 6.20 Å². The Kier molecular flexibility index (Phi) is 7.17. The van der Waals surface area contributed by atoms with E-state index in [1.807, 2.05) is 12.1 Å². The van der Waals surface area contributed by atoms with E-state index in [1.54, 1.807) is 30.7 Å². The van der Waals surface area contributed by atoms with Crippen molar-refractivity contribution in [2.24, 2.45) is 5.92 Å².